The summed E-state index contributed by atoms with van der Waals surface area (Å²) >= 11 is 0. The minimum absolute atomic E-state index is 0.0670. The van der Waals surface area contributed by atoms with E-state index in [0.29, 0.717) is 59.2 Å². The van der Waals surface area contributed by atoms with Gasteiger partial charge in [-0.15, -0.1) is 0 Å². The maximum absolute atomic E-state index is 14.5. The van der Waals surface area contributed by atoms with Crippen LogP contribution in [0.1, 0.15) is 37.5 Å². The van der Waals surface area contributed by atoms with Gasteiger partial charge in [0.25, 0.3) is 0 Å². The number of sulfonamides is 1. The lowest BCUT2D eigenvalue weighted by atomic mass is 9.85. The second-order valence-electron chi connectivity index (χ2n) is 8.35. The zero-order valence-electron chi connectivity index (χ0n) is 18.8. The average Bonchev–Trinajstić information content (AvgIpc) is 3.28. The molecule has 12 heteroatoms. The van der Waals surface area contributed by atoms with Crippen molar-refractivity contribution in [2.45, 2.75) is 42.5 Å². The number of primary sulfonamides is 1. The molecule has 1 heterocycles. The van der Waals surface area contributed by atoms with Crippen molar-refractivity contribution >= 4 is 16.1 Å². The predicted molar refractivity (Wildman–Crippen MR) is 123 cm³/mol. The standard InChI is InChI=1S/C23H25FN4O6S/c1-33-19-10-7-14(12-18(19)24)20-21(13-5-8-17(9-6-13)35(26,31)32)34-22(27-20)15-3-2-4-16(11-15)28(30)23(25)29/h5-10,12,15-16,30H,2-4,11H2,1H3,(H2,25,29)(H2,26,31,32). The van der Waals surface area contributed by atoms with Gasteiger partial charge in [0.1, 0.15) is 5.69 Å². The Labute approximate surface area is 201 Å². The number of ether oxygens (including phenoxy) is 1. The topological polar surface area (TPSA) is 162 Å². The molecule has 1 aliphatic carbocycles. The molecule has 1 fully saturated rings. The van der Waals surface area contributed by atoms with E-state index >= 15 is 0 Å². The Morgan fingerprint density at radius 2 is 1.89 bits per heavy atom. The Hall–Kier alpha value is -3.48. The first-order chi connectivity index (χ1) is 16.6. The molecule has 1 aliphatic rings. The maximum atomic E-state index is 14.5. The fourth-order valence-electron chi connectivity index (χ4n) is 4.30. The van der Waals surface area contributed by atoms with E-state index in [1.807, 2.05) is 0 Å². The third kappa shape index (κ3) is 5.14. The number of hydroxylamine groups is 2. The number of oxazole rings is 1. The van der Waals surface area contributed by atoms with Crippen LogP contribution in [-0.2, 0) is 10.0 Å². The molecule has 2 amide bonds. The van der Waals surface area contributed by atoms with E-state index in [0.717, 1.165) is 0 Å². The normalized spacial score (nSPS) is 18.3. The van der Waals surface area contributed by atoms with Crippen molar-refractivity contribution in [2.24, 2.45) is 10.9 Å². The van der Waals surface area contributed by atoms with Gasteiger partial charge in [0.05, 0.1) is 18.0 Å². The van der Waals surface area contributed by atoms with E-state index in [-0.39, 0.29) is 16.6 Å². The summed E-state index contributed by atoms with van der Waals surface area (Å²) in [6.07, 6.45) is 2.35. The van der Waals surface area contributed by atoms with Gasteiger partial charge in [-0.25, -0.2) is 32.8 Å². The molecule has 2 aromatic carbocycles. The van der Waals surface area contributed by atoms with Crippen LogP contribution in [0.25, 0.3) is 22.6 Å². The van der Waals surface area contributed by atoms with Gasteiger partial charge in [0.2, 0.25) is 10.0 Å². The van der Waals surface area contributed by atoms with Crippen LogP contribution in [0.4, 0.5) is 9.18 Å². The summed E-state index contributed by atoms with van der Waals surface area (Å²) < 4.78 is 48.9. The van der Waals surface area contributed by atoms with Crippen molar-refractivity contribution in [3.63, 3.8) is 0 Å². The van der Waals surface area contributed by atoms with Gasteiger partial charge in [0, 0.05) is 17.0 Å². The quantitative estimate of drug-likeness (QED) is 0.341. The minimum Gasteiger partial charge on any atom is -0.494 e. The molecule has 1 aromatic heterocycles. The third-order valence-corrected chi connectivity index (χ3v) is 7.01. The van der Waals surface area contributed by atoms with Crippen LogP contribution in [0.2, 0.25) is 0 Å². The number of carbonyl (C=O) groups excluding carboxylic acids is 1. The SMILES string of the molecule is COc1ccc(-c2nc(C3CCCC(N(O)C(N)=O)C3)oc2-c2ccc(S(N)(=O)=O)cc2)cc1F. The summed E-state index contributed by atoms with van der Waals surface area (Å²) in [5, 5.41) is 15.7. The molecule has 0 saturated heterocycles. The zero-order chi connectivity index (χ0) is 25.3. The molecule has 1 saturated carbocycles. The fourth-order valence-corrected chi connectivity index (χ4v) is 4.82. The van der Waals surface area contributed by atoms with Crippen molar-refractivity contribution in [1.82, 2.24) is 10.0 Å². The number of hydrogen-bond acceptors (Lipinski definition) is 7. The van der Waals surface area contributed by atoms with Crippen molar-refractivity contribution in [2.75, 3.05) is 7.11 Å². The minimum atomic E-state index is -3.89. The first kappa shape index (κ1) is 24.6. The number of primary amides is 1. The van der Waals surface area contributed by atoms with Gasteiger partial charge in [0.15, 0.2) is 23.2 Å². The Kier molecular flexibility index (Phi) is 6.79. The number of amides is 2. The summed E-state index contributed by atoms with van der Waals surface area (Å²) in [6, 6.07) is 8.70. The molecule has 186 valence electrons. The largest absolute Gasteiger partial charge is 0.494 e. The number of hydrogen-bond donors (Lipinski definition) is 3. The van der Waals surface area contributed by atoms with Crippen LogP contribution < -0.4 is 15.6 Å². The molecule has 3 aromatic rings. The summed E-state index contributed by atoms with van der Waals surface area (Å²) in [4.78, 5) is 16.0. The van der Waals surface area contributed by atoms with E-state index in [2.05, 4.69) is 4.98 Å². The highest BCUT2D eigenvalue weighted by Gasteiger charge is 2.32. The summed E-state index contributed by atoms with van der Waals surface area (Å²) in [5.74, 6) is -0.0870. The van der Waals surface area contributed by atoms with Crippen molar-refractivity contribution in [3.05, 3.63) is 54.2 Å². The molecule has 0 aliphatic heterocycles. The number of carbonyl (C=O) groups is 1. The van der Waals surface area contributed by atoms with Crippen LogP contribution in [-0.4, -0.2) is 42.9 Å². The lowest BCUT2D eigenvalue weighted by molar-refractivity contribution is -0.0865. The second kappa shape index (κ2) is 9.64. The third-order valence-electron chi connectivity index (χ3n) is 6.08. The Bertz CT molecular complexity index is 1340. The molecule has 35 heavy (non-hydrogen) atoms. The molecule has 2 atom stereocenters. The zero-order valence-corrected chi connectivity index (χ0v) is 19.7. The number of benzene rings is 2. The molecular formula is C23H25FN4O6S. The number of methoxy groups -OCH3 is 1. The van der Waals surface area contributed by atoms with Gasteiger partial charge in [-0.05, 0) is 61.7 Å². The highest BCUT2D eigenvalue weighted by molar-refractivity contribution is 7.89. The van der Waals surface area contributed by atoms with Gasteiger partial charge < -0.3 is 14.9 Å². The average molecular weight is 505 g/mol. The molecule has 0 spiro atoms. The van der Waals surface area contributed by atoms with E-state index in [1.165, 1.54) is 43.5 Å². The maximum Gasteiger partial charge on any atom is 0.338 e. The van der Waals surface area contributed by atoms with Crippen LogP contribution in [0, 0.1) is 5.82 Å². The predicted octanol–water partition coefficient (Wildman–Crippen LogP) is 3.60. The molecule has 5 N–H and O–H groups in total. The Morgan fingerprint density at radius 3 is 2.49 bits per heavy atom. The van der Waals surface area contributed by atoms with E-state index in [9.17, 15) is 22.8 Å². The van der Waals surface area contributed by atoms with Crippen LogP contribution >= 0.6 is 0 Å². The number of nitrogens with zero attached hydrogens (tertiary/aromatic N) is 2. The molecular weight excluding hydrogens is 479 g/mol. The lowest BCUT2D eigenvalue weighted by Crippen LogP contribution is -2.43. The lowest BCUT2D eigenvalue weighted by Gasteiger charge is -2.31. The smallest absolute Gasteiger partial charge is 0.338 e. The van der Waals surface area contributed by atoms with Crippen LogP contribution in [0.15, 0.2) is 51.8 Å². The van der Waals surface area contributed by atoms with Crippen LogP contribution in [0.3, 0.4) is 0 Å². The molecule has 4 rings (SSSR count). The highest BCUT2D eigenvalue weighted by Crippen LogP contribution is 2.40. The number of rotatable bonds is 6. The summed E-state index contributed by atoms with van der Waals surface area (Å²) in [5.41, 5.74) is 6.50. The number of urea groups is 1. The number of halogens is 1. The van der Waals surface area contributed by atoms with Crippen LogP contribution in [0.5, 0.6) is 5.75 Å². The van der Waals surface area contributed by atoms with Gasteiger partial charge in [-0.2, -0.15) is 0 Å². The van der Waals surface area contributed by atoms with E-state index in [4.69, 9.17) is 20.0 Å². The van der Waals surface area contributed by atoms with E-state index < -0.39 is 27.9 Å². The Morgan fingerprint density at radius 1 is 1.20 bits per heavy atom. The Balaban J connectivity index is 1.77. The first-order valence-corrected chi connectivity index (χ1v) is 12.4. The van der Waals surface area contributed by atoms with Gasteiger partial charge in [-0.3, -0.25) is 5.21 Å². The first-order valence-electron chi connectivity index (χ1n) is 10.8. The van der Waals surface area contributed by atoms with Crippen molar-refractivity contribution < 1.29 is 32.0 Å². The van der Waals surface area contributed by atoms with Gasteiger partial charge in [-0.1, -0.05) is 6.42 Å². The number of aromatic nitrogens is 1. The molecule has 0 radical (unpaired) electrons. The second-order valence-corrected chi connectivity index (χ2v) is 9.91. The summed E-state index contributed by atoms with van der Waals surface area (Å²) in [6.45, 7) is 0. The monoisotopic (exact) mass is 504 g/mol. The van der Waals surface area contributed by atoms with Crippen molar-refractivity contribution in [3.8, 4) is 28.3 Å². The molecule has 2 unspecified atom stereocenters. The van der Waals surface area contributed by atoms with Crippen molar-refractivity contribution in [1.29, 1.82) is 0 Å². The fraction of sp³-hybridized carbons (Fsp3) is 0.304. The van der Waals surface area contributed by atoms with Gasteiger partial charge >= 0.3 is 6.03 Å². The molecule has 0 bridgehead atoms. The highest BCUT2D eigenvalue weighted by atomic mass is 32.2. The molecule has 10 nitrogen and oxygen atoms in total. The number of nitrogens with two attached hydrogens (primary N) is 2. The van der Waals surface area contributed by atoms with E-state index in [1.54, 1.807) is 6.07 Å². The summed E-state index contributed by atoms with van der Waals surface area (Å²) in [7, 11) is -2.52.